The fourth-order valence-electron chi connectivity index (χ4n) is 1.85. The SMILES string of the molecule is N#C/C(=C(\C(=O)O)c1ccccc1)c1ccccc1. The number of nitrogens with zero attached hydrogens (tertiary/aromatic N) is 1. The summed E-state index contributed by atoms with van der Waals surface area (Å²) in [5.41, 5.74) is 1.32. The third-order valence-corrected chi connectivity index (χ3v) is 2.70. The van der Waals surface area contributed by atoms with Crippen molar-refractivity contribution in [3.05, 3.63) is 71.8 Å². The van der Waals surface area contributed by atoms with Crippen LogP contribution in [0.25, 0.3) is 11.1 Å². The Hall–Kier alpha value is -2.86. The van der Waals surface area contributed by atoms with Crippen LogP contribution in [0, 0.1) is 11.3 Å². The molecule has 2 rings (SSSR count). The van der Waals surface area contributed by atoms with Crippen LogP contribution >= 0.6 is 0 Å². The molecule has 0 aromatic heterocycles. The van der Waals surface area contributed by atoms with E-state index in [0.717, 1.165) is 0 Å². The normalized spacial score (nSPS) is 11.3. The molecule has 3 heteroatoms. The summed E-state index contributed by atoms with van der Waals surface area (Å²) >= 11 is 0. The predicted octanol–water partition coefficient (Wildman–Crippen LogP) is 3.21. The summed E-state index contributed by atoms with van der Waals surface area (Å²) in [5, 5.41) is 18.7. The van der Waals surface area contributed by atoms with Crippen LogP contribution in [0.4, 0.5) is 0 Å². The van der Waals surface area contributed by atoms with Crippen LogP contribution in [-0.4, -0.2) is 11.1 Å². The van der Waals surface area contributed by atoms with Crippen molar-refractivity contribution in [1.82, 2.24) is 0 Å². The Labute approximate surface area is 111 Å². The molecule has 2 aromatic rings. The maximum atomic E-state index is 11.5. The number of hydrogen-bond acceptors (Lipinski definition) is 2. The summed E-state index contributed by atoms with van der Waals surface area (Å²) in [6, 6.07) is 19.5. The van der Waals surface area contributed by atoms with Crippen LogP contribution < -0.4 is 0 Å². The molecular formula is C16H11NO2. The Morgan fingerprint density at radius 3 is 1.79 bits per heavy atom. The van der Waals surface area contributed by atoms with Crippen LogP contribution in [-0.2, 0) is 4.79 Å². The molecule has 92 valence electrons. The van der Waals surface area contributed by atoms with Crippen molar-refractivity contribution < 1.29 is 9.90 Å². The van der Waals surface area contributed by atoms with E-state index in [-0.39, 0.29) is 11.1 Å². The fraction of sp³-hybridized carbons (Fsp3) is 0. The first-order valence-electron chi connectivity index (χ1n) is 5.72. The van der Waals surface area contributed by atoms with Gasteiger partial charge in [0.15, 0.2) is 0 Å². The highest BCUT2D eigenvalue weighted by atomic mass is 16.4. The van der Waals surface area contributed by atoms with Crippen LogP contribution in [0.3, 0.4) is 0 Å². The number of aliphatic carboxylic acids is 1. The molecule has 0 aliphatic heterocycles. The Kier molecular flexibility index (Phi) is 3.75. The van der Waals surface area contributed by atoms with Gasteiger partial charge in [0.05, 0.1) is 11.1 Å². The third-order valence-electron chi connectivity index (χ3n) is 2.70. The second kappa shape index (κ2) is 5.65. The van der Waals surface area contributed by atoms with Gasteiger partial charge in [-0.05, 0) is 11.1 Å². The lowest BCUT2D eigenvalue weighted by Crippen LogP contribution is -2.03. The smallest absolute Gasteiger partial charge is 0.337 e. The molecule has 19 heavy (non-hydrogen) atoms. The minimum atomic E-state index is -1.10. The van der Waals surface area contributed by atoms with E-state index in [9.17, 15) is 15.2 Å². The highest BCUT2D eigenvalue weighted by Gasteiger charge is 2.17. The van der Waals surface area contributed by atoms with Crippen molar-refractivity contribution in [2.75, 3.05) is 0 Å². The number of carboxylic acids is 1. The zero-order valence-corrected chi connectivity index (χ0v) is 10.1. The first-order chi connectivity index (χ1) is 9.24. The molecule has 0 saturated heterocycles. The van der Waals surface area contributed by atoms with Crippen LogP contribution in [0.1, 0.15) is 11.1 Å². The van der Waals surface area contributed by atoms with E-state index in [4.69, 9.17) is 0 Å². The monoisotopic (exact) mass is 249 g/mol. The molecule has 0 aliphatic rings. The van der Waals surface area contributed by atoms with Crippen molar-refractivity contribution >= 4 is 17.1 Å². The molecule has 0 heterocycles. The molecule has 0 fully saturated rings. The van der Waals surface area contributed by atoms with Gasteiger partial charge >= 0.3 is 5.97 Å². The third kappa shape index (κ3) is 2.70. The van der Waals surface area contributed by atoms with Crippen LogP contribution in [0.5, 0.6) is 0 Å². The van der Waals surface area contributed by atoms with Gasteiger partial charge in [-0.1, -0.05) is 60.7 Å². The number of rotatable bonds is 3. The van der Waals surface area contributed by atoms with Gasteiger partial charge in [0.25, 0.3) is 0 Å². The van der Waals surface area contributed by atoms with E-state index in [1.165, 1.54) is 0 Å². The molecular weight excluding hydrogens is 238 g/mol. The van der Waals surface area contributed by atoms with E-state index < -0.39 is 5.97 Å². The molecule has 0 unspecified atom stereocenters. The van der Waals surface area contributed by atoms with Gasteiger partial charge in [0.1, 0.15) is 6.07 Å². The minimum absolute atomic E-state index is 0.0225. The molecule has 1 N–H and O–H groups in total. The molecule has 0 radical (unpaired) electrons. The van der Waals surface area contributed by atoms with E-state index in [2.05, 4.69) is 0 Å². The summed E-state index contributed by atoms with van der Waals surface area (Å²) < 4.78 is 0. The number of hydrogen-bond donors (Lipinski definition) is 1. The quantitative estimate of drug-likeness (QED) is 0.516. The number of nitriles is 1. The first-order valence-corrected chi connectivity index (χ1v) is 5.72. The van der Waals surface area contributed by atoms with Gasteiger partial charge in [-0.25, -0.2) is 4.79 Å². The van der Waals surface area contributed by atoms with Crippen LogP contribution in [0.15, 0.2) is 60.7 Å². The summed E-state index contributed by atoms with van der Waals surface area (Å²) in [7, 11) is 0. The minimum Gasteiger partial charge on any atom is -0.478 e. The van der Waals surface area contributed by atoms with Gasteiger partial charge in [-0.2, -0.15) is 5.26 Å². The topological polar surface area (TPSA) is 61.1 Å². The van der Waals surface area contributed by atoms with Crippen molar-refractivity contribution in [2.24, 2.45) is 0 Å². The van der Waals surface area contributed by atoms with Crippen molar-refractivity contribution in [1.29, 1.82) is 5.26 Å². The van der Waals surface area contributed by atoms with Gasteiger partial charge < -0.3 is 5.11 Å². The molecule has 3 nitrogen and oxygen atoms in total. The van der Waals surface area contributed by atoms with E-state index in [0.29, 0.717) is 11.1 Å². The summed E-state index contributed by atoms with van der Waals surface area (Å²) in [6.45, 7) is 0. The number of allylic oxidation sites excluding steroid dienone is 1. The number of carboxylic acid groups (broad SMARTS) is 1. The lowest BCUT2D eigenvalue weighted by atomic mass is 9.95. The Bertz CT molecular complexity index is 652. The zero-order chi connectivity index (χ0) is 13.7. The molecule has 0 atom stereocenters. The second-order valence-corrected chi connectivity index (χ2v) is 3.90. The van der Waals surface area contributed by atoms with Gasteiger partial charge in [-0.15, -0.1) is 0 Å². The Morgan fingerprint density at radius 2 is 1.37 bits per heavy atom. The van der Waals surface area contributed by atoms with Gasteiger partial charge in [0.2, 0.25) is 0 Å². The average molecular weight is 249 g/mol. The maximum absolute atomic E-state index is 11.5. The van der Waals surface area contributed by atoms with Crippen molar-refractivity contribution in [3.8, 4) is 6.07 Å². The molecule has 0 bridgehead atoms. The largest absolute Gasteiger partial charge is 0.478 e. The standard InChI is InChI=1S/C16H11NO2/c17-11-14(12-7-3-1-4-8-12)15(16(18)19)13-9-5-2-6-10-13/h1-10H,(H,18,19)/b15-14+. The van der Waals surface area contributed by atoms with E-state index in [1.54, 1.807) is 54.6 Å². The highest BCUT2D eigenvalue weighted by Crippen LogP contribution is 2.26. The molecule has 2 aromatic carbocycles. The lowest BCUT2D eigenvalue weighted by molar-refractivity contribution is -0.130. The molecule has 0 amide bonds. The summed E-state index contributed by atoms with van der Waals surface area (Å²) in [6.07, 6.45) is 0. The summed E-state index contributed by atoms with van der Waals surface area (Å²) in [5.74, 6) is -1.10. The highest BCUT2D eigenvalue weighted by molar-refractivity contribution is 6.25. The Balaban J connectivity index is 2.69. The predicted molar refractivity (Wildman–Crippen MR) is 72.9 cm³/mol. The lowest BCUT2D eigenvalue weighted by Gasteiger charge is -2.06. The van der Waals surface area contributed by atoms with Gasteiger partial charge in [0, 0.05) is 0 Å². The van der Waals surface area contributed by atoms with Gasteiger partial charge in [-0.3, -0.25) is 0 Å². The average Bonchev–Trinajstić information content (AvgIpc) is 2.46. The van der Waals surface area contributed by atoms with Crippen LogP contribution in [0.2, 0.25) is 0 Å². The zero-order valence-electron chi connectivity index (χ0n) is 10.1. The first kappa shape index (κ1) is 12.6. The Morgan fingerprint density at radius 1 is 0.895 bits per heavy atom. The second-order valence-electron chi connectivity index (χ2n) is 3.90. The van der Waals surface area contributed by atoms with Crippen molar-refractivity contribution in [2.45, 2.75) is 0 Å². The molecule has 0 aliphatic carbocycles. The number of carbonyl (C=O) groups is 1. The number of benzene rings is 2. The molecule has 0 saturated carbocycles. The van der Waals surface area contributed by atoms with E-state index >= 15 is 0 Å². The summed E-state index contributed by atoms with van der Waals surface area (Å²) in [4.78, 5) is 11.5. The van der Waals surface area contributed by atoms with Crippen molar-refractivity contribution in [3.63, 3.8) is 0 Å². The molecule has 0 spiro atoms. The van der Waals surface area contributed by atoms with E-state index in [1.807, 2.05) is 12.1 Å². The fourth-order valence-corrected chi connectivity index (χ4v) is 1.85. The maximum Gasteiger partial charge on any atom is 0.337 e.